The first-order chi connectivity index (χ1) is 12.9. The molecule has 27 heavy (non-hydrogen) atoms. The molecule has 0 aliphatic rings. The molecule has 0 saturated carbocycles. The monoisotopic (exact) mass is 363 g/mol. The fourth-order valence-corrected chi connectivity index (χ4v) is 2.91. The molecule has 0 fully saturated rings. The maximum absolute atomic E-state index is 12.9. The van der Waals surface area contributed by atoms with Crippen LogP contribution in [0.5, 0.6) is 0 Å². The van der Waals surface area contributed by atoms with Gasteiger partial charge in [-0.2, -0.15) is 0 Å². The Morgan fingerprint density at radius 2 is 1.89 bits per heavy atom. The van der Waals surface area contributed by atoms with Crippen molar-refractivity contribution in [2.75, 3.05) is 11.9 Å². The van der Waals surface area contributed by atoms with Gasteiger partial charge in [-0.15, -0.1) is 6.58 Å². The second-order valence-corrected chi connectivity index (χ2v) is 5.96. The number of aromatic carboxylic acids is 1. The van der Waals surface area contributed by atoms with Crippen molar-refractivity contribution in [3.8, 4) is 0 Å². The molecule has 1 N–H and O–H groups in total. The normalized spacial score (nSPS) is 10.6. The summed E-state index contributed by atoms with van der Waals surface area (Å²) in [5, 5.41) is 9.93. The molecule has 3 rings (SSSR count). The highest BCUT2D eigenvalue weighted by Crippen LogP contribution is 2.23. The Kier molecular flexibility index (Phi) is 4.90. The predicted molar refractivity (Wildman–Crippen MR) is 103 cm³/mol. The number of carbonyl (C=O) groups excluding carboxylic acids is 1. The third-order valence-electron chi connectivity index (χ3n) is 4.24. The number of allylic oxidation sites excluding steroid dienone is 1. The van der Waals surface area contributed by atoms with Crippen molar-refractivity contribution >= 4 is 28.5 Å². The SMILES string of the molecule is C=CCc1cccc2cc(C(=O)N(C)c3ccccc3C(=O)O)c(=O)oc12. The highest BCUT2D eigenvalue weighted by molar-refractivity contribution is 6.09. The van der Waals surface area contributed by atoms with Gasteiger partial charge in [0.1, 0.15) is 11.1 Å². The third kappa shape index (κ3) is 3.37. The summed E-state index contributed by atoms with van der Waals surface area (Å²) in [6.45, 7) is 3.68. The number of benzene rings is 2. The Hall–Kier alpha value is -3.67. The second-order valence-electron chi connectivity index (χ2n) is 5.96. The number of nitrogens with zero attached hydrogens (tertiary/aromatic N) is 1. The summed E-state index contributed by atoms with van der Waals surface area (Å²) in [6, 6.07) is 12.9. The number of amides is 1. The standard InChI is InChI=1S/C21H17NO5/c1-3-7-13-8-6-9-14-12-16(21(26)27-18(13)14)19(23)22(2)17-11-5-4-10-15(17)20(24)25/h3-6,8-12H,1,7H2,2H3,(H,24,25). The number of rotatable bonds is 5. The Balaban J connectivity index is 2.09. The van der Waals surface area contributed by atoms with Gasteiger partial charge in [0.15, 0.2) is 0 Å². The van der Waals surface area contributed by atoms with Crippen LogP contribution in [0.25, 0.3) is 11.0 Å². The van der Waals surface area contributed by atoms with Crippen LogP contribution < -0.4 is 10.5 Å². The summed E-state index contributed by atoms with van der Waals surface area (Å²) in [5.41, 5.74) is 0.419. The molecular formula is C21H17NO5. The summed E-state index contributed by atoms with van der Waals surface area (Å²) in [7, 11) is 1.42. The van der Waals surface area contributed by atoms with Crippen LogP contribution in [0.4, 0.5) is 5.69 Å². The lowest BCUT2D eigenvalue weighted by Gasteiger charge is -2.19. The van der Waals surface area contributed by atoms with Gasteiger partial charge in [-0.1, -0.05) is 36.4 Å². The highest BCUT2D eigenvalue weighted by Gasteiger charge is 2.23. The van der Waals surface area contributed by atoms with E-state index in [0.29, 0.717) is 17.4 Å². The van der Waals surface area contributed by atoms with E-state index in [2.05, 4.69) is 6.58 Å². The Morgan fingerprint density at radius 1 is 1.15 bits per heavy atom. The van der Waals surface area contributed by atoms with Crippen LogP contribution in [0.3, 0.4) is 0 Å². The van der Waals surface area contributed by atoms with Crippen LogP contribution in [0, 0.1) is 0 Å². The van der Waals surface area contributed by atoms with Gasteiger partial charge in [0.25, 0.3) is 5.91 Å². The fraction of sp³-hybridized carbons (Fsp3) is 0.0952. The zero-order chi connectivity index (χ0) is 19.6. The molecule has 0 aliphatic heterocycles. The van der Waals surface area contributed by atoms with Gasteiger partial charge in [0.2, 0.25) is 0 Å². The second kappa shape index (κ2) is 7.29. The van der Waals surface area contributed by atoms with Crippen LogP contribution in [0.2, 0.25) is 0 Å². The van der Waals surface area contributed by atoms with E-state index < -0.39 is 17.5 Å². The van der Waals surface area contributed by atoms with Crippen molar-refractivity contribution in [3.05, 3.63) is 88.3 Å². The minimum atomic E-state index is -1.16. The van der Waals surface area contributed by atoms with Gasteiger partial charge in [-0.25, -0.2) is 9.59 Å². The summed E-state index contributed by atoms with van der Waals surface area (Å²) >= 11 is 0. The average molecular weight is 363 g/mol. The number of carbonyl (C=O) groups is 2. The van der Waals surface area contributed by atoms with E-state index in [-0.39, 0.29) is 16.8 Å². The van der Waals surface area contributed by atoms with Crippen LogP contribution in [-0.4, -0.2) is 24.0 Å². The van der Waals surface area contributed by atoms with E-state index in [1.54, 1.807) is 30.3 Å². The largest absolute Gasteiger partial charge is 0.478 e. The fourth-order valence-electron chi connectivity index (χ4n) is 2.91. The first-order valence-electron chi connectivity index (χ1n) is 8.21. The molecule has 0 aliphatic carbocycles. The zero-order valence-electron chi connectivity index (χ0n) is 14.6. The maximum Gasteiger partial charge on any atom is 0.349 e. The quantitative estimate of drug-likeness (QED) is 0.554. The average Bonchev–Trinajstić information content (AvgIpc) is 2.67. The Morgan fingerprint density at radius 3 is 2.59 bits per heavy atom. The van der Waals surface area contributed by atoms with Crippen molar-refractivity contribution in [1.82, 2.24) is 0 Å². The number of anilines is 1. The maximum atomic E-state index is 12.9. The molecule has 0 unspecified atom stereocenters. The van der Waals surface area contributed by atoms with E-state index in [1.165, 1.54) is 25.2 Å². The van der Waals surface area contributed by atoms with Gasteiger partial charge in [-0.3, -0.25) is 4.79 Å². The Labute approximate surface area is 155 Å². The molecule has 2 aromatic carbocycles. The minimum absolute atomic E-state index is 0.0354. The van der Waals surface area contributed by atoms with Crippen LogP contribution in [-0.2, 0) is 6.42 Å². The highest BCUT2D eigenvalue weighted by atomic mass is 16.4. The number of hydrogen-bond acceptors (Lipinski definition) is 4. The van der Waals surface area contributed by atoms with Gasteiger partial charge in [-0.05, 0) is 30.2 Å². The summed E-state index contributed by atoms with van der Waals surface area (Å²) in [4.78, 5) is 37.8. The van der Waals surface area contributed by atoms with Gasteiger partial charge in [0, 0.05) is 12.4 Å². The molecule has 6 nitrogen and oxygen atoms in total. The molecule has 3 aromatic rings. The summed E-state index contributed by atoms with van der Waals surface area (Å²) < 4.78 is 5.39. The number of carboxylic acids is 1. The Bertz CT molecular complexity index is 1110. The lowest BCUT2D eigenvalue weighted by molar-refractivity contribution is 0.0697. The van der Waals surface area contributed by atoms with Crippen molar-refractivity contribution in [3.63, 3.8) is 0 Å². The van der Waals surface area contributed by atoms with Crippen LogP contribution in [0.1, 0.15) is 26.3 Å². The number of fused-ring (bicyclic) bond motifs is 1. The molecule has 0 radical (unpaired) electrons. The molecule has 0 saturated heterocycles. The molecular weight excluding hydrogens is 346 g/mol. The molecule has 0 bridgehead atoms. The molecule has 1 heterocycles. The van der Waals surface area contributed by atoms with Crippen molar-refractivity contribution in [2.24, 2.45) is 0 Å². The third-order valence-corrected chi connectivity index (χ3v) is 4.24. The topological polar surface area (TPSA) is 87.8 Å². The molecule has 1 amide bonds. The first-order valence-corrected chi connectivity index (χ1v) is 8.21. The smallest absolute Gasteiger partial charge is 0.349 e. The molecule has 136 valence electrons. The van der Waals surface area contributed by atoms with E-state index in [0.717, 1.165) is 10.5 Å². The number of hydrogen-bond donors (Lipinski definition) is 1. The molecule has 0 atom stereocenters. The van der Waals surface area contributed by atoms with Gasteiger partial charge < -0.3 is 14.4 Å². The van der Waals surface area contributed by atoms with Crippen molar-refractivity contribution in [2.45, 2.75) is 6.42 Å². The lowest BCUT2D eigenvalue weighted by Crippen LogP contribution is -2.31. The molecule has 6 heteroatoms. The van der Waals surface area contributed by atoms with Crippen molar-refractivity contribution in [1.29, 1.82) is 0 Å². The predicted octanol–water partition coefficient (Wildman–Crippen LogP) is 3.50. The van der Waals surface area contributed by atoms with E-state index >= 15 is 0 Å². The van der Waals surface area contributed by atoms with E-state index in [9.17, 15) is 19.5 Å². The molecule has 1 aromatic heterocycles. The number of carboxylic acid groups (broad SMARTS) is 1. The minimum Gasteiger partial charge on any atom is -0.478 e. The van der Waals surface area contributed by atoms with Gasteiger partial charge >= 0.3 is 11.6 Å². The van der Waals surface area contributed by atoms with Gasteiger partial charge in [0.05, 0.1) is 11.3 Å². The van der Waals surface area contributed by atoms with Crippen LogP contribution in [0.15, 0.2) is 70.4 Å². The van der Waals surface area contributed by atoms with Crippen LogP contribution >= 0.6 is 0 Å². The zero-order valence-corrected chi connectivity index (χ0v) is 14.6. The van der Waals surface area contributed by atoms with Crippen molar-refractivity contribution < 1.29 is 19.1 Å². The summed E-state index contributed by atoms with van der Waals surface area (Å²) in [6.07, 6.45) is 2.23. The number of para-hydroxylation sites is 2. The summed E-state index contributed by atoms with van der Waals surface area (Å²) in [5.74, 6) is -1.81. The van der Waals surface area contributed by atoms with E-state index in [1.807, 2.05) is 6.07 Å². The van der Waals surface area contributed by atoms with E-state index in [4.69, 9.17) is 4.42 Å². The molecule has 0 spiro atoms. The first kappa shape index (κ1) is 18.1. The lowest BCUT2D eigenvalue weighted by atomic mass is 10.1.